The fourth-order valence-electron chi connectivity index (χ4n) is 5.97. The molecular formula is C37H31N4OPt-. The van der Waals surface area contributed by atoms with E-state index >= 15 is 0 Å². The van der Waals surface area contributed by atoms with E-state index in [4.69, 9.17) is 9.97 Å². The van der Waals surface area contributed by atoms with E-state index in [2.05, 4.69) is 91.5 Å². The zero-order valence-electron chi connectivity index (χ0n) is 24.4. The van der Waals surface area contributed by atoms with E-state index in [1.54, 1.807) is 6.07 Å². The Bertz CT molecular complexity index is 1970. The molecule has 3 heterocycles. The topological polar surface area (TPSA) is 52.5 Å². The average molecular weight is 743 g/mol. The first-order valence-electron chi connectivity index (χ1n) is 14.1. The minimum Gasteiger partial charge on any atom is -0.506 e. The van der Waals surface area contributed by atoms with Crippen LogP contribution in [-0.4, -0.2) is 29.2 Å². The number of hydrogen-bond acceptors (Lipinski definition) is 5. The van der Waals surface area contributed by atoms with Crippen molar-refractivity contribution in [1.29, 1.82) is 0 Å². The molecule has 0 spiro atoms. The van der Waals surface area contributed by atoms with Gasteiger partial charge in [0.05, 0.1) is 0 Å². The van der Waals surface area contributed by atoms with Gasteiger partial charge in [0.25, 0.3) is 0 Å². The molecule has 0 amide bonds. The van der Waals surface area contributed by atoms with Crippen LogP contribution in [0.4, 0.5) is 22.9 Å². The fourth-order valence-corrected chi connectivity index (χ4v) is 5.97. The predicted octanol–water partition coefficient (Wildman–Crippen LogP) is 8.64. The van der Waals surface area contributed by atoms with Crippen LogP contribution >= 0.6 is 0 Å². The van der Waals surface area contributed by atoms with Crippen LogP contribution in [0.2, 0.25) is 0 Å². The zero-order valence-corrected chi connectivity index (χ0v) is 26.7. The maximum absolute atomic E-state index is 10.8. The second kappa shape index (κ2) is 11.0. The minimum absolute atomic E-state index is 0. The Balaban J connectivity index is 0.00000329. The third-order valence-corrected chi connectivity index (χ3v) is 8.27. The summed E-state index contributed by atoms with van der Waals surface area (Å²) in [5, 5.41) is 11.7. The Kier molecular flexibility index (Phi) is 7.31. The van der Waals surface area contributed by atoms with Gasteiger partial charge in [-0.05, 0) is 57.8 Å². The third kappa shape index (κ3) is 4.88. The molecule has 43 heavy (non-hydrogen) atoms. The van der Waals surface area contributed by atoms with Gasteiger partial charge in [0, 0.05) is 64.2 Å². The van der Waals surface area contributed by atoms with Gasteiger partial charge in [-0.2, -0.15) is 0 Å². The number of anilines is 4. The molecule has 0 saturated carbocycles. The van der Waals surface area contributed by atoms with Gasteiger partial charge in [0.2, 0.25) is 0 Å². The number of pyridine rings is 2. The molecular weight excluding hydrogens is 712 g/mol. The first-order valence-corrected chi connectivity index (χ1v) is 14.1. The minimum atomic E-state index is -0.244. The van der Waals surface area contributed by atoms with E-state index in [0.29, 0.717) is 5.52 Å². The van der Waals surface area contributed by atoms with Gasteiger partial charge in [-0.1, -0.05) is 80.1 Å². The zero-order chi connectivity index (χ0) is 29.0. The van der Waals surface area contributed by atoms with Crippen LogP contribution in [0.5, 0.6) is 5.75 Å². The number of aromatic nitrogens is 2. The van der Waals surface area contributed by atoms with Crippen molar-refractivity contribution < 1.29 is 26.2 Å². The van der Waals surface area contributed by atoms with Gasteiger partial charge in [0.15, 0.2) is 0 Å². The average Bonchev–Trinajstić information content (AvgIpc) is 3.01. The van der Waals surface area contributed by atoms with Crippen molar-refractivity contribution in [1.82, 2.24) is 9.97 Å². The monoisotopic (exact) mass is 742 g/mol. The standard InChI is InChI=1S/C37H31N4O.Pt/c1-37(2)29-12-8-9-13-32(29)41(35-22-25(18-19-38-35)24-10-6-5-7-11-24)33-21-26(14-16-30(33)37)31-17-15-27-20-28(40(3)4)23-34(42)36(27)39-31;/h5-20,22-23,42H,1-4H3;/q-1;. The summed E-state index contributed by atoms with van der Waals surface area (Å²) < 4.78 is 0. The molecule has 7 rings (SSSR count). The summed E-state index contributed by atoms with van der Waals surface area (Å²) in [4.78, 5) is 13.9. The van der Waals surface area contributed by atoms with Gasteiger partial charge in [-0.3, -0.25) is 4.98 Å². The molecule has 1 N–H and O–H groups in total. The maximum Gasteiger partial charge on any atom is 0.142 e. The van der Waals surface area contributed by atoms with Crippen molar-refractivity contribution in [3.05, 3.63) is 127 Å². The number of phenolic OH excluding ortho intramolecular Hbond substituents is 1. The van der Waals surface area contributed by atoms with Gasteiger partial charge < -0.3 is 14.9 Å². The first kappa shape index (κ1) is 28.6. The number of para-hydroxylation sites is 1. The summed E-state index contributed by atoms with van der Waals surface area (Å²) in [6, 6.07) is 38.9. The second-order valence-corrected chi connectivity index (χ2v) is 11.5. The van der Waals surface area contributed by atoms with Crippen molar-refractivity contribution in [2.75, 3.05) is 23.9 Å². The Morgan fingerprint density at radius 2 is 1.56 bits per heavy atom. The number of fused-ring (bicyclic) bond motifs is 3. The summed E-state index contributed by atoms with van der Waals surface area (Å²) in [6.45, 7) is 4.52. The van der Waals surface area contributed by atoms with E-state index in [1.807, 2.05) is 55.5 Å². The van der Waals surface area contributed by atoms with E-state index in [-0.39, 0.29) is 32.2 Å². The van der Waals surface area contributed by atoms with Crippen molar-refractivity contribution in [3.8, 4) is 28.1 Å². The molecule has 0 atom stereocenters. The van der Waals surface area contributed by atoms with E-state index in [1.165, 1.54) is 5.56 Å². The number of phenols is 1. The molecule has 0 aliphatic carbocycles. The molecule has 2 aromatic heterocycles. The van der Waals surface area contributed by atoms with Crippen molar-refractivity contribution in [2.45, 2.75) is 19.3 Å². The molecule has 5 nitrogen and oxygen atoms in total. The van der Waals surface area contributed by atoms with Gasteiger partial charge in [-0.25, -0.2) is 4.98 Å². The smallest absolute Gasteiger partial charge is 0.142 e. The van der Waals surface area contributed by atoms with E-state index in [0.717, 1.165) is 56.2 Å². The summed E-state index contributed by atoms with van der Waals surface area (Å²) >= 11 is 0. The van der Waals surface area contributed by atoms with Crippen molar-refractivity contribution in [2.24, 2.45) is 0 Å². The molecule has 0 fully saturated rings. The molecule has 1 aliphatic rings. The summed E-state index contributed by atoms with van der Waals surface area (Å²) in [7, 11) is 3.92. The van der Waals surface area contributed by atoms with Crippen LogP contribution < -0.4 is 9.80 Å². The number of hydrogen-bond donors (Lipinski definition) is 1. The summed E-state index contributed by atoms with van der Waals surface area (Å²) in [5.41, 5.74) is 9.53. The molecule has 0 bridgehead atoms. The predicted molar refractivity (Wildman–Crippen MR) is 172 cm³/mol. The van der Waals surface area contributed by atoms with E-state index < -0.39 is 0 Å². The van der Waals surface area contributed by atoms with Crippen LogP contribution in [0, 0.1) is 6.07 Å². The SMILES string of the molecule is CN(C)c1cc(O)c2nc(-c3[c-]c4c(cc3)C(C)(C)c3ccccc3N4c3cc(-c4ccccc4)ccn3)ccc2c1.[Pt]. The Morgan fingerprint density at radius 1 is 0.791 bits per heavy atom. The summed E-state index contributed by atoms with van der Waals surface area (Å²) in [6.07, 6.45) is 1.87. The van der Waals surface area contributed by atoms with Crippen LogP contribution in [0.15, 0.2) is 109 Å². The van der Waals surface area contributed by atoms with Gasteiger partial charge >= 0.3 is 0 Å². The van der Waals surface area contributed by atoms with Crippen LogP contribution in [0.3, 0.4) is 0 Å². The van der Waals surface area contributed by atoms with Crippen LogP contribution in [0.25, 0.3) is 33.3 Å². The fraction of sp³-hybridized carbons (Fsp3) is 0.135. The van der Waals surface area contributed by atoms with Crippen LogP contribution in [0.1, 0.15) is 25.0 Å². The molecule has 1 aliphatic heterocycles. The molecule has 0 radical (unpaired) electrons. The second-order valence-electron chi connectivity index (χ2n) is 11.5. The number of benzene rings is 4. The molecule has 216 valence electrons. The number of nitrogens with zero attached hydrogens (tertiary/aromatic N) is 4. The number of aromatic hydroxyl groups is 1. The molecule has 0 unspecified atom stereocenters. The largest absolute Gasteiger partial charge is 0.506 e. The van der Waals surface area contributed by atoms with Gasteiger partial charge in [-0.15, -0.1) is 23.8 Å². The Morgan fingerprint density at radius 3 is 2.35 bits per heavy atom. The number of rotatable bonds is 4. The Hall–Kier alpha value is -4.47. The molecule has 6 heteroatoms. The molecule has 6 aromatic rings. The first-order chi connectivity index (χ1) is 20.3. The maximum atomic E-state index is 10.8. The van der Waals surface area contributed by atoms with Gasteiger partial charge in [0.1, 0.15) is 17.1 Å². The molecule has 4 aromatic carbocycles. The van der Waals surface area contributed by atoms with Crippen LogP contribution in [-0.2, 0) is 26.5 Å². The van der Waals surface area contributed by atoms with E-state index in [9.17, 15) is 5.11 Å². The third-order valence-electron chi connectivity index (χ3n) is 8.27. The van der Waals surface area contributed by atoms with Crippen molar-refractivity contribution in [3.63, 3.8) is 0 Å². The quantitative estimate of drug-likeness (QED) is 0.184. The Labute approximate surface area is 266 Å². The molecule has 0 saturated heterocycles. The summed E-state index contributed by atoms with van der Waals surface area (Å²) in [5.74, 6) is 0.990. The normalized spacial score (nSPS) is 13.2. The van der Waals surface area contributed by atoms with Crippen molar-refractivity contribution >= 4 is 33.8 Å².